The van der Waals surface area contributed by atoms with E-state index in [-0.39, 0.29) is 4.90 Å². The van der Waals surface area contributed by atoms with E-state index in [0.29, 0.717) is 16.8 Å². The minimum Gasteiger partial charge on any atom is -0.399 e. The average molecular weight is 269 g/mol. The van der Waals surface area contributed by atoms with Gasteiger partial charge in [0.25, 0.3) is 0 Å². The molecule has 1 fully saturated rings. The molecule has 0 spiro atoms. The summed E-state index contributed by atoms with van der Waals surface area (Å²) in [7, 11) is -3.71. The van der Waals surface area contributed by atoms with Crippen molar-refractivity contribution in [1.29, 1.82) is 0 Å². The summed E-state index contributed by atoms with van der Waals surface area (Å²) in [6, 6.07) is 4.61. The molecule has 1 saturated carbocycles. The van der Waals surface area contributed by atoms with E-state index in [1.54, 1.807) is 6.07 Å². The van der Waals surface area contributed by atoms with E-state index in [1.807, 2.05) is 0 Å². The van der Waals surface area contributed by atoms with Crippen LogP contribution in [-0.2, 0) is 10.0 Å². The second-order valence-electron chi connectivity index (χ2n) is 5.35. The fourth-order valence-corrected chi connectivity index (χ4v) is 2.75. The smallest absolute Gasteiger partial charge is 0.238 e. The molecule has 0 bridgehead atoms. The van der Waals surface area contributed by atoms with Crippen molar-refractivity contribution in [3.05, 3.63) is 18.2 Å². The van der Waals surface area contributed by atoms with Crippen LogP contribution >= 0.6 is 0 Å². The van der Waals surface area contributed by atoms with Crippen molar-refractivity contribution < 1.29 is 8.42 Å². The van der Waals surface area contributed by atoms with Crippen molar-refractivity contribution in [2.24, 2.45) is 10.6 Å². The number of nitrogens with one attached hydrogen (secondary N) is 1. The third-order valence-corrected chi connectivity index (χ3v) is 4.43. The first-order chi connectivity index (χ1) is 8.28. The molecule has 0 unspecified atom stereocenters. The van der Waals surface area contributed by atoms with Crippen LogP contribution < -0.4 is 16.2 Å². The Hall–Kier alpha value is -1.27. The number of rotatable bonds is 4. The fraction of sp³-hybridized carbons (Fsp3) is 0.500. The summed E-state index contributed by atoms with van der Waals surface area (Å²) in [4.78, 5) is 0.0452. The summed E-state index contributed by atoms with van der Waals surface area (Å²) in [5, 5.41) is 8.34. The summed E-state index contributed by atoms with van der Waals surface area (Å²) in [6.45, 7) is 3.04. The lowest BCUT2D eigenvalue weighted by atomic mass is 9.70. The Bertz CT molecular complexity index is 550. The quantitative estimate of drug-likeness (QED) is 0.722. The second kappa shape index (κ2) is 4.44. The van der Waals surface area contributed by atoms with E-state index in [9.17, 15) is 8.42 Å². The zero-order valence-electron chi connectivity index (χ0n) is 10.4. The first-order valence-electron chi connectivity index (χ1n) is 5.96. The topological polar surface area (TPSA) is 98.2 Å². The van der Waals surface area contributed by atoms with Crippen LogP contribution in [0.2, 0.25) is 0 Å². The van der Waals surface area contributed by atoms with E-state index in [4.69, 9.17) is 10.9 Å². The molecule has 6 heteroatoms. The van der Waals surface area contributed by atoms with Gasteiger partial charge in [-0.1, -0.05) is 13.3 Å². The molecule has 5 N–H and O–H groups in total. The number of nitrogens with two attached hydrogens (primary N) is 2. The zero-order chi connectivity index (χ0) is 13.4. The number of primary sulfonamides is 1. The zero-order valence-corrected chi connectivity index (χ0v) is 11.3. The summed E-state index contributed by atoms with van der Waals surface area (Å²) in [5.74, 6) is 0. The van der Waals surface area contributed by atoms with Crippen LogP contribution in [-0.4, -0.2) is 15.0 Å². The lowest BCUT2D eigenvalue weighted by Gasteiger charge is -2.38. The summed E-state index contributed by atoms with van der Waals surface area (Å²) in [6.07, 6.45) is 3.66. The van der Waals surface area contributed by atoms with Gasteiger partial charge in [0.05, 0.1) is 4.90 Å². The summed E-state index contributed by atoms with van der Waals surface area (Å²) >= 11 is 0. The third-order valence-electron chi connectivity index (χ3n) is 3.54. The molecule has 0 aromatic heterocycles. The van der Waals surface area contributed by atoms with Gasteiger partial charge in [0.2, 0.25) is 10.0 Å². The van der Waals surface area contributed by atoms with E-state index in [2.05, 4.69) is 12.2 Å². The molecule has 1 aliphatic rings. The first-order valence-corrected chi connectivity index (χ1v) is 7.50. The highest BCUT2D eigenvalue weighted by Crippen LogP contribution is 2.40. The predicted octanol–water partition coefficient (Wildman–Crippen LogP) is 1.52. The predicted molar refractivity (Wildman–Crippen MR) is 72.7 cm³/mol. The molecule has 1 aliphatic carbocycles. The summed E-state index contributed by atoms with van der Waals surface area (Å²) in [5.41, 5.74) is 7.09. The van der Waals surface area contributed by atoms with E-state index >= 15 is 0 Å². The second-order valence-corrected chi connectivity index (χ2v) is 6.91. The standard InChI is InChI=1S/C12H19N3O2S/c1-12(3-2-4-12)8-15-10-5-9(13)6-11(7-10)18(14,16)17/h5-7,15H,2-4,8,13H2,1H3,(H2,14,16,17). The van der Waals surface area contributed by atoms with Crippen LogP contribution in [0.4, 0.5) is 11.4 Å². The van der Waals surface area contributed by atoms with Crippen LogP contribution in [0, 0.1) is 5.41 Å². The van der Waals surface area contributed by atoms with Crippen molar-refractivity contribution >= 4 is 21.4 Å². The van der Waals surface area contributed by atoms with Crippen molar-refractivity contribution in [3.8, 4) is 0 Å². The maximum Gasteiger partial charge on any atom is 0.238 e. The van der Waals surface area contributed by atoms with E-state index in [1.165, 1.54) is 31.4 Å². The minimum absolute atomic E-state index is 0.0452. The maximum atomic E-state index is 11.3. The lowest BCUT2D eigenvalue weighted by molar-refractivity contribution is 0.180. The van der Waals surface area contributed by atoms with Gasteiger partial charge >= 0.3 is 0 Å². The van der Waals surface area contributed by atoms with Crippen molar-refractivity contribution in [3.63, 3.8) is 0 Å². The van der Waals surface area contributed by atoms with Crippen molar-refractivity contribution in [1.82, 2.24) is 0 Å². The molecule has 0 radical (unpaired) electrons. The Morgan fingerprint density at radius 3 is 2.50 bits per heavy atom. The van der Waals surface area contributed by atoms with Gasteiger partial charge in [-0.2, -0.15) is 0 Å². The van der Waals surface area contributed by atoms with E-state index in [0.717, 1.165) is 6.54 Å². The average Bonchev–Trinajstić information content (AvgIpc) is 2.22. The van der Waals surface area contributed by atoms with Crippen molar-refractivity contribution in [2.75, 3.05) is 17.6 Å². The van der Waals surface area contributed by atoms with E-state index < -0.39 is 10.0 Å². The molecule has 5 nitrogen and oxygen atoms in total. The number of nitrogen functional groups attached to an aromatic ring is 1. The Balaban J connectivity index is 2.15. The molecule has 0 heterocycles. The van der Waals surface area contributed by atoms with Gasteiger partial charge in [-0.3, -0.25) is 0 Å². The molecule has 0 aliphatic heterocycles. The van der Waals surface area contributed by atoms with Crippen LogP contribution in [0.3, 0.4) is 0 Å². The monoisotopic (exact) mass is 269 g/mol. The van der Waals surface area contributed by atoms with Crippen LogP contribution in [0.1, 0.15) is 26.2 Å². The molecule has 2 rings (SSSR count). The fourth-order valence-electron chi connectivity index (χ4n) is 2.16. The maximum absolute atomic E-state index is 11.3. The van der Waals surface area contributed by atoms with Crippen LogP contribution in [0.15, 0.2) is 23.1 Å². The Labute approximate surface area is 108 Å². The molecular formula is C12H19N3O2S. The van der Waals surface area contributed by atoms with Gasteiger partial charge in [0, 0.05) is 17.9 Å². The van der Waals surface area contributed by atoms with Gasteiger partial charge < -0.3 is 11.1 Å². The van der Waals surface area contributed by atoms with Gasteiger partial charge in [-0.05, 0) is 36.5 Å². The largest absolute Gasteiger partial charge is 0.399 e. The Morgan fingerprint density at radius 1 is 1.33 bits per heavy atom. The van der Waals surface area contributed by atoms with Crippen molar-refractivity contribution in [2.45, 2.75) is 31.1 Å². The van der Waals surface area contributed by atoms with Gasteiger partial charge in [0.15, 0.2) is 0 Å². The molecule has 18 heavy (non-hydrogen) atoms. The number of hydrogen-bond acceptors (Lipinski definition) is 4. The third kappa shape index (κ3) is 2.94. The molecule has 0 amide bonds. The Morgan fingerprint density at radius 2 is 2.00 bits per heavy atom. The highest BCUT2D eigenvalue weighted by molar-refractivity contribution is 7.89. The van der Waals surface area contributed by atoms with Gasteiger partial charge in [-0.25, -0.2) is 13.6 Å². The molecule has 0 saturated heterocycles. The van der Waals surface area contributed by atoms with Crippen LogP contribution in [0.5, 0.6) is 0 Å². The lowest BCUT2D eigenvalue weighted by Crippen LogP contribution is -2.33. The Kier molecular flexibility index (Phi) is 3.25. The molecule has 0 atom stereocenters. The highest BCUT2D eigenvalue weighted by Gasteiger charge is 2.31. The molecule has 1 aromatic carbocycles. The SMILES string of the molecule is CC1(CNc2cc(N)cc(S(N)(=O)=O)c2)CCC1. The minimum atomic E-state index is -3.71. The number of benzene rings is 1. The number of sulfonamides is 1. The van der Waals surface area contributed by atoms with Gasteiger partial charge in [0.1, 0.15) is 0 Å². The number of hydrogen-bond donors (Lipinski definition) is 3. The normalized spacial score (nSPS) is 18.1. The molecule has 1 aromatic rings. The van der Waals surface area contributed by atoms with Gasteiger partial charge in [-0.15, -0.1) is 0 Å². The van der Waals surface area contributed by atoms with Crippen LogP contribution in [0.25, 0.3) is 0 Å². The molecule has 100 valence electrons. The molecular weight excluding hydrogens is 250 g/mol. The number of anilines is 2. The highest BCUT2D eigenvalue weighted by atomic mass is 32.2. The first kappa shape index (κ1) is 13.2. The summed E-state index contributed by atoms with van der Waals surface area (Å²) < 4.78 is 22.6.